The van der Waals surface area contributed by atoms with Crippen molar-refractivity contribution < 1.29 is 9.84 Å². The maximum Gasteiger partial charge on any atom is 0.0752 e. The molecule has 0 aromatic rings. The molecule has 0 aliphatic rings. The van der Waals surface area contributed by atoms with Crippen LogP contribution in [0.2, 0.25) is 0 Å². The van der Waals surface area contributed by atoms with Crippen LogP contribution in [0, 0.1) is 5.92 Å². The van der Waals surface area contributed by atoms with E-state index in [-0.39, 0.29) is 12.7 Å². The van der Waals surface area contributed by atoms with Gasteiger partial charge in [0.15, 0.2) is 0 Å². The van der Waals surface area contributed by atoms with Gasteiger partial charge in [-0.25, -0.2) is 0 Å². The van der Waals surface area contributed by atoms with E-state index >= 15 is 0 Å². The average molecular weight is 200 g/mol. The molecular weight excluding hydrogens is 176 g/mol. The fourth-order valence-electron chi connectivity index (χ4n) is 1.27. The molecule has 14 heavy (non-hydrogen) atoms. The van der Waals surface area contributed by atoms with Gasteiger partial charge in [-0.05, 0) is 25.2 Å². The van der Waals surface area contributed by atoms with Crippen LogP contribution in [0.1, 0.15) is 39.5 Å². The molecule has 0 saturated carbocycles. The maximum absolute atomic E-state index is 8.62. The summed E-state index contributed by atoms with van der Waals surface area (Å²) < 4.78 is 5.32. The van der Waals surface area contributed by atoms with Crippen molar-refractivity contribution in [1.29, 1.82) is 0 Å². The predicted molar refractivity (Wildman–Crippen MR) is 60.3 cm³/mol. The highest BCUT2D eigenvalue weighted by molar-refractivity contribution is 4.89. The van der Waals surface area contributed by atoms with Gasteiger partial charge in [-0.15, -0.1) is 0 Å². The second-order valence-corrected chi connectivity index (χ2v) is 3.81. The first-order valence-corrected chi connectivity index (χ1v) is 5.54. The van der Waals surface area contributed by atoms with Crippen LogP contribution >= 0.6 is 0 Å². The Balaban J connectivity index is 3.67. The number of aliphatic hydroxyl groups excluding tert-OH is 1. The van der Waals surface area contributed by atoms with E-state index in [0.717, 1.165) is 18.8 Å². The van der Waals surface area contributed by atoms with Crippen molar-refractivity contribution in [3.63, 3.8) is 0 Å². The lowest BCUT2D eigenvalue weighted by Gasteiger charge is -2.13. The van der Waals surface area contributed by atoms with Gasteiger partial charge in [-0.3, -0.25) is 0 Å². The molecule has 0 saturated heterocycles. The Kier molecular flexibility index (Phi) is 9.00. The van der Waals surface area contributed by atoms with Gasteiger partial charge in [-0.1, -0.05) is 32.4 Å². The van der Waals surface area contributed by atoms with E-state index in [2.05, 4.69) is 19.9 Å². The zero-order chi connectivity index (χ0) is 10.8. The lowest BCUT2D eigenvalue weighted by molar-refractivity contribution is 0.127. The highest BCUT2D eigenvalue weighted by Crippen LogP contribution is 2.13. The zero-order valence-electron chi connectivity index (χ0n) is 9.70. The summed E-state index contributed by atoms with van der Waals surface area (Å²) in [5.41, 5.74) is 0. The third-order valence-corrected chi connectivity index (χ3v) is 2.59. The number of rotatable bonds is 8. The van der Waals surface area contributed by atoms with Crippen LogP contribution in [0.15, 0.2) is 12.2 Å². The van der Waals surface area contributed by atoms with Gasteiger partial charge in [0.2, 0.25) is 0 Å². The molecule has 0 rings (SSSR count). The molecule has 0 radical (unpaired) electrons. The Morgan fingerprint density at radius 1 is 1.36 bits per heavy atom. The van der Waals surface area contributed by atoms with Crippen LogP contribution in [0.5, 0.6) is 0 Å². The molecule has 2 unspecified atom stereocenters. The molecule has 2 nitrogen and oxygen atoms in total. The Bertz CT molecular complexity index is 143. The molecule has 2 atom stereocenters. The number of ether oxygens (including phenoxy) is 1. The summed E-state index contributed by atoms with van der Waals surface area (Å²) in [6.45, 7) is 4.70. The standard InChI is InChI=1S/C12H24O2/c1-4-11(2)8-9-12(14-3)7-5-6-10-13/h5,7,11-13H,4,6,8-10H2,1-3H3. The smallest absolute Gasteiger partial charge is 0.0752 e. The quantitative estimate of drug-likeness (QED) is 0.610. The van der Waals surface area contributed by atoms with Gasteiger partial charge in [0, 0.05) is 13.7 Å². The van der Waals surface area contributed by atoms with E-state index in [4.69, 9.17) is 9.84 Å². The highest BCUT2D eigenvalue weighted by atomic mass is 16.5. The number of methoxy groups -OCH3 is 1. The van der Waals surface area contributed by atoms with Gasteiger partial charge >= 0.3 is 0 Å². The molecule has 0 aliphatic carbocycles. The zero-order valence-corrected chi connectivity index (χ0v) is 9.70. The van der Waals surface area contributed by atoms with E-state index in [1.54, 1.807) is 7.11 Å². The van der Waals surface area contributed by atoms with Crippen LogP contribution in [-0.4, -0.2) is 24.9 Å². The van der Waals surface area contributed by atoms with Crippen molar-refractivity contribution >= 4 is 0 Å². The lowest BCUT2D eigenvalue weighted by Crippen LogP contribution is -2.08. The van der Waals surface area contributed by atoms with Crippen LogP contribution in [0.4, 0.5) is 0 Å². The van der Waals surface area contributed by atoms with E-state index in [1.165, 1.54) is 12.8 Å². The Morgan fingerprint density at radius 3 is 2.57 bits per heavy atom. The first kappa shape index (κ1) is 13.7. The fraction of sp³-hybridized carbons (Fsp3) is 0.833. The third kappa shape index (κ3) is 7.10. The summed E-state index contributed by atoms with van der Waals surface area (Å²) in [5, 5.41) is 8.62. The molecule has 0 fully saturated rings. The minimum atomic E-state index is 0.218. The van der Waals surface area contributed by atoms with Gasteiger partial charge in [0.1, 0.15) is 0 Å². The molecule has 2 heteroatoms. The largest absolute Gasteiger partial charge is 0.396 e. The predicted octanol–water partition coefficient (Wildman–Crippen LogP) is 2.77. The lowest BCUT2D eigenvalue weighted by atomic mass is 10.0. The van der Waals surface area contributed by atoms with Gasteiger partial charge in [-0.2, -0.15) is 0 Å². The van der Waals surface area contributed by atoms with Gasteiger partial charge < -0.3 is 9.84 Å². The molecule has 1 N–H and O–H groups in total. The van der Waals surface area contributed by atoms with Crippen LogP contribution in [0.3, 0.4) is 0 Å². The average Bonchev–Trinajstić information content (AvgIpc) is 2.22. The summed E-state index contributed by atoms with van der Waals surface area (Å²) >= 11 is 0. The fourth-order valence-corrected chi connectivity index (χ4v) is 1.27. The van der Waals surface area contributed by atoms with Crippen molar-refractivity contribution in [3.05, 3.63) is 12.2 Å². The third-order valence-electron chi connectivity index (χ3n) is 2.59. The monoisotopic (exact) mass is 200 g/mol. The van der Waals surface area contributed by atoms with Crippen molar-refractivity contribution in [2.45, 2.75) is 45.6 Å². The van der Waals surface area contributed by atoms with Crippen LogP contribution in [0.25, 0.3) is 0 Å². The normalized spacial score (nSPS) is 16.0. The first-order valence-electron chi connectivity index (χ1n) is 5.54. The van der Waals surface area contributed by atoms with E-state index in [0.29, 0.717) is 0 Å². The second kappa shape index (κ2) is 9.22. The second-order valence-electron chi connectivity index (χ2n) is 3.81. The number of aliphatic hydroxyl groups is 1. The molecule has 0 amide bonds. The van der Waals surface area contributed by atoms with Crippen LogP contribution < -0.4 is 0 Å². The molecule has 84 valence electrons. The minimum Gasteiger partial charge on any atom is -0.396 e. The molecule has 0 aliphatic heterocycles. The van der Waals surface area contributed by atoms with Crippen molar-refractivity contribution in [1.82, 2.24) is 0 Å². The molecule has 0 heterocycles. The maximum atomic E-state index is 8.62. The summed E-state index contributed by atoms with van der Waals surface area (Å²) in [6, 6.07) is 0. The molecule has 0 bridgehead atoms. The molecule has 0 aromatic heterocycles. The van der Waals surface area contributed by atoms with Crippen molar-refractivity contribution in [2.75, 3.05) is 13.7 Å². The Morgan fingerprint density at radius 2 is 2.07 bits per heavy atom. The highest BCUT2D eigenvalue weighted by Gasteiger charge is 2.05. The summed E-state index contributed by atoms with van der Waals surface area (Å²) in [6.07, 6.45) is 8.51. The van der Waals surface area contributed by atoms with E-state index < -0.39 is 0 Å². The van der Waals surface area contributed by atoms with Crippen molar-refractivity contribution in [2.24, 2.45) is 5.92 Å². The van der Waals surface area contributed by atoms with E-state index in [9.17, 15) is 0 Å². The van der Waals surface area contributed by atoms with Gasteiger partial charge in [0.05, 0.1) is 6.10 Å². The topological polar surface area (TPSA) is 29.5 Å². The molecular formula is C12H24O2. The Hall–Kier alpha value is -0.340. The summed E-state index contributed by atoms with van der Waals surface area (Å²) in [5.74, 6) is 0.777. The first-order chi connectivity index (χ1) is 6.74. The van der Waals surface area contributed by atoms with Crippen molar-refractivity contribution in [3.8, 4) is 0 Å². The van der Waals surface area contributed by atoms with Crippen LogP contribution in [-0.2, 0) is 4.74 Å². The molecule has 0 spiro atoms. The Labute approximate surface area is 88.0 Å². The summed E-state index contributed by atoms with van der Waals surface area (Å²) in [7, 11) is 1.74. The molecule has 0 aromatic carbocycles. The minimum absolute atomic E-state index is 0.218. The summed E-state index contributed by atoms with van der Waals surface area (Å²) in [4.78, 5) is 0. The number of hydrogen-bond acceptors (Lipinski definition) is 2. The number of hydrogen-bond donors (Lipinski definition) is 1. The SMILES string of the molecule is CCC(C)CCC(C=CCCO)OC. The van der Waals surface area contributed by atoms with E-state index in [1.807, 2.05) is 6.08 Å². The van der Waals surface area contributed by atoms with Gasteiger partial charge in [0.25, 0.3) is 0 Å².